The van der Waals surface area contributed by atoms with Crippen molar-refractivity contribution in [1.29, 1.82) is 0 Å². The zero-order chi connectivity index (χ0) is 44.4. The van der Waals surface area contributed by atoms with E-state index in [4.69, 9.17) is 34.9 Å². The van der Waals surface area contributed by atoms with E-state index in [-0.39, 0.29) is 0 Å². The first-order valence-corrected chi connectivity index (χ1v) is 22.1. The molecule has 0 spiro atoms. The van der Waals surface area contributed by atoms with Gasteiger partial charge in [0.25, 0.3) is 0 Å². The third-order valence-corrected chi connectivity index (χ3v) is 11.7. The lowest BCUT2D eigenvalue weighted by molar-refractivity contribution is 0.865. The molecule has 8 aromatic carbocycles. The fourth-order valence-corrected chi connectivity index (χ4v) is 8.23. The number of aromatic nitrogens is 8. The SMILES string of the molecule is CC(C)c1ccc(-n2c(-c3ccc(-c4cc(-c5nc(-c6ccccc6)nc(-c6ccccc6)n5)cc(-c5nc(-c6ccccc6)nc(-c6ccccc6)n5)c4)cc3)nc3ccccc32)cc1. The van der Waals surface area contributed by atoms with Gasteiger partial charge in [0.1, 0.15) is 5.82 Å². The molecule has 314 valence electrons. The average Bonchev–Trinajstić information content (AvgIpc) is 3.79. The predicted octanol–water partition coefficient (Wildman–Crippen LogP) is 13.9. The average molecular weight is 851 g/mol. The van der Waals surface area contributed by atoms with Gasteiger partial charge in [0.05, 0.1) is 11.0 Å². The number of imidazole rings is 1. The third-order valence-electron chi connectivity index (χ3n) is 11.7. The van der Waals surface area contributed by atoms with Crippen molar-refractivity contribution in [3.8, 4) is 96.5 Å². The predicted molar refractivity (Wildman–Crippen MR) is 265 cm³/mol. The fraction of sp³-hybridized carbons (Fsp3) is 0.0517. The fourth-order valence-electron chi connectivity index (χ4n) is 8.23. The summed E-state index contributed by atoms with van der Waals surface area (Å²) in [6.45, 7) is 4.44. The number of hydrogen-bond acceptors (Lipinski definition) is 7. The van der Waals surface area contributed by atoms with Crippen LogP contribution in [0.15, 0.2) is 212 Å². The molecule has 0 bridgehead atoms. The van der Waals surface area contributed by atoms with Gasteiger partial charge in [-0.05, 0) is 65.1 Å². The maximum Gasteiger partial charge on any atom is 0.164 e. The lowest BCUT2D eigenvalue weighted by Crippen LogP contribution is -2.02. The van der Waals surface area contributed by atoms with Crippen molar-refractivity contribution >= 4 is 11.0 Å². The van der Waals surface area contributed by atoms with Crippen LogP contribution in [-0.2, 0) is 0 Å². The number of fused-ring (bicyclic) bond motifs is 1. The van der Waals surface area contributed by atoms with Gasteiger partial charge in [0.2, 0.25) is 0 Å². The van der Waals surface area contributed by atoms with E-state index in [1.807, 2.05) is 127 Å². The van der Waals surface area contributed by atoms with E-state index in [0.29, 0.717) is 40.9 Å². The molecule has 8 heteroatoms. The largest absolute Gasteiger partial charge is 0.292 e. The number of rotatable bonds is 10. The van der Waals surface area contributed by atoms with Crippen LogP contribution in [0.2, 0.25) is 0 Å². The quantitative estimate of drug-likeness (QED) is 0.135. The monoisotopic (exact) mass is 850 g/mol. The lowest BCUT2D eigenvalue weighted by Gasteiger charge is -2.14. The second-order valence-electron chi connectivity index (χ2n) is 16.5. The van der Waals surface area contributed by atoms with Crippen LogP contribution in [0.25, 0.3) is 108 Å². The molecule has 0 saturated carbocycles. The Morgan fingerprint density at radius 2 is 0.667 bits per heavy atom. The van der Waals surface area contributed by atoms with E-state index in [1.165, 1.54) is 5.56 Å². The van der Waals surface area contributed by atoms with Gasteiger partial charge in [-0.2, -0.15) is 0 Å². The highest BCUT2D eigenvalue weighted by molar-refractivity contribution is 5.85. The third kappa shape index (κ3) is 8.04. The molecule has 11 aromatic rings. The Balaban J connectivity index is 1.09. The number of benzene rings is 8. The first kappa shape index (κ1) is 40.1. The summed E-state index contributed by atoms with van der Waals surface area (Å²) in [5.74, 6) is 4.68. The normalized spacial score (nSPS) is 11.3. The summed E-state index contributed by atoms with van der Waals surface area (Å²) in [4.78, 5) is 35.7. The van der Waals surface area contributed by atoms with Crippen LogP contribution in [0.3, 0.4) is 0 Å². The summed E-state index contributed by atoms with van der Waals surface area (Å²) in [6.07, 6.45) is 0. The summed E-state index contributed by atoms with van der Waals surface area (Å²) in [5, 5.41) is 0. The maximum atomic E-state index is 5.18. The summed E-state index contributed by atoms with van der Waals surface area (Å²) in [5.41, 5.74) is 12.4. The molecule has 3 aromatic heterocycles. The molecular formula is C58H42N8. The van der Waals surface area contributed by atoms with E-state index < -0.39 is 0 Å². The zero-order valence-electron chi connectivity index (χ0n) is 36.4. The van der Waals surface area contributed by atoms with Crippen LogP contribution >= 0.6 is 0 Å². The highest BCUT2D eigenvalue weighted by Gasteiger charge is 2.19. The minimum atomic E-state index is 0.438. The number of nitrogens with zero attached hydrogens (tertiary/aromatic N) is 8. The van der Waals surface area contributed by atoms with Crippen LogP contribution in [-0.4, -0.2) is 39.5 Å². The zero-order valence-corrected chi connectivity index (χ0v) is 36.4. The van der Waals surface area contributed by atoms with Crippen molar-refractivity contribution in [1.82, 2.24) is 39.5 Å². The van der Waals surface area contributed by atoms with Gasteiger partial charge < -0.3 is 0 Å². The highest BCUT2D eigenvalue weighted by atomic mass is 15.1. The second-order valence-corrected chi connectivity index (χ2v) is 16.5. The van der Waals surface area contributed by atoms with Crippen LogP contribution in [0.4, 0.5) is 0 Å². The van der Waals surface area contributed by atoms with E-state index in [2.05, 4.69) is 103 Å². The molecule has 11 rings (SSSR count). The molecular weight excluding hydrogens is 809 g/mol. The van der Waals surface area contributed by atoms with Crippen molar-refractivity contribution in [2.75, 3.05) is 0 Å². The van der Waals surface area contributed by atoms with Gasteiger partial charge in [-0.25, -0.2) is 34.9 Å². The van der Waals surface area contributed by atoms with Gasteiger partial charge >= 0.3 is 0 Å². The molecule has 0 aliphatic rings. The van der Waals surface area contributed by atoms with Crippen molar-refractivity contribution in [2.24, 2.45) is 0 Å². The minimum absolute atomic E-state index is 0.438. The Morgan fingerprint density at radius 1 is 0.303 bits per heavy atom. The summed E-state index contributed by atoms with van der Waals surface area (Å²) < 4.78 is 2.25. The van der Waals surface area contributed by atoms with E-state index >= 15 is 0 Å². The van der Waals surface area contributed by atoms with Gasteiger partial charge in [-0.1, -0.05) is 184 Å². The standard InChI is InChI=1S/C58H42N8/c1-38(2)39-31-33-49(34-32-39)66-51-26-16-15-25-50(51)59-58(66)45-29-27-40(28-30-45)46-35-47(56-62-52(41-17-7-3-8-18-41)60-53(63-56)42-19-9-4-10-20-42)37-48(36-46)57-64-54(43-21-11-5-12-22-43)61-55(65-57)44-23-13-6-14-24-44/h3-38H,1-2H3. The Labute approximate surface area is 383 Å². The van der Waals surface area contributed by atoms with Gasteiger partial charge in [-0.3, -0.25) is 4.57 Å². The molecule has 66 heavy (non-hydrogen) atoms. The van der Waals surface area contributed by atoms with Crippen molar-refractivity contribution in [2.45, 2.75) is 19.8 Å². The number of para-hydroxylation sites is 2. The van der Waals surface area contributed by atoms with Crippen molar-refractivity contribution in [3.05, 3.63) is 218 Å². The lowest BCUT2D eigenvalue weighted by atomic mass is 9.97. The molecule has 0 aliphatic heterocycles. The van der Waals surface area contributed by atoms with Gasteiger partial charge in [0.15, 0.2) is 34.9 Å². The van der Waals surface area contributed by atoms with Crippen LogP contribution in [0, 0.1) is 0 Å². The number of hydrogen-bond donors (Lipinski definition) is 0. The smallest absolute Gasteiger partial charge is 0.164 e. The first-order chi connectivity index (χ1) is 32.5. The summed E-state index contributed by atoms with van der Waals surface area (Å²) >= 11 is 0. The van der Waals surface area contributed by atoms with Crippen LogP contribution < -0.4 is 0 Å². The molecule has 3 heterocycles. The van der Waals surface area contributed by atoms with Crippen LogP contribution in [0.1, 0.15) is 25.3 Å². The Kier molecular flexibility index (Phi) is 10.6. The Morgan fingerprint density at radius 3 is 1.09 bits per heavy atom. The first-order valence-electron chi connectivity index (χ1n) is 22.1. The molecule has 0 radical (unpaired) electrons. The van der Waals surface area contributed by atoms with Crippen LogP contribution in [0.5, 0.6) is 0 Å². The summed E-state index contributed by atoms with van der Waals surface area (Å²) in [6, 6.07) is 72.2. The van der Waals surface area contributed by atoms with Gasteiger partial charge in [-0.15, -0.1) is 0 Å². The highest BCUT2D eigenvalue weighted by Crippen LogP contribution is 2.36. The molecule has 8 nitrogen and oxygen atoms in total. The molecule has 0 unspecified atom stereocenters. The molecule has 0 N–H and O–H groups in total. The van der Waals surface area contributed by atoms with E-state index in [0.717, 1.165) is 72.6 Å². The van der Waals surface area contributed by atoms with Crippen molar-refractivity contribution < 1.29 is 0 Å². The summed E-state index contributed by atoms with van der Waals surface area (Å²) in [7, 11) is 0. The maximum absolute atomic E-state index is 5.18. The molecule has 0 fully saturated rings. The minimum Gasteiger partial charge on any atom is -0.292 e. The molecule has 0 saturated heterocycles. The Bertz CT molecular complexity index is 3200. The topological polar surface area (TPSA) is 95.2 Å². The van der Waals surface area contributed by atoms with E-state index in [9.17, 15) is 0 Å². The van der Waals surface area contributed by atoms with Crippen molar-refractivity contribution in [3.63, 3.8) is 0 Å². The molecule has 0 atom stereocenters. The second kappa shape index (κ2) is 17.4. The molecule has 0 aliphatic carbocycles. The van der Waals surface area contributed by atoms with E-state index in [1.54, 1.807) is 0 Å². The van der Waals surface area contributed by atoms with Gasteiger partial charge in [0, 0.05) is 44.6 Å². The molecule has 0 amide bonds. The Hall–Kier alpha value is -8.75.